The molecule has 0 saturated carbocycles. The van der Waals surface area contributed by atoms with E-state index in [1.165, 1.54) is 0 Å². The number of hydrogen-bond acceptors (Lipinski definition) is 3. The highest BCUT2D eigenvalue weighted by atomic mass is 16.5. The molecule has 16 heavy (non-hydrogen) atoms. The SMILES string of the molecule is C=C(C)COCCNC(=O)C1CCCCO1. The zero-order chi connectivity index (χ0) is 11.8. The monoisotopic (exact) mass is 227 g/mol. The molecule has 0 spiro atoms. The number of nitrogens with one attached hydrogen (secondary N) is 1. The van der Waals surface area contributed by atoms with Gasteiger partial charge < -0.3 is 14.8 Å². The van der Waals surface area contributed by atoms with Gasteiger partial charge in [0.2, 0.25) is 5.91 Å². The normalized spacial score (nSPS) is 20.4. The highest BCUT2D eigenvalue weighted by Crippen LogP contribution is 2.12. The van der Waals surface area contributed by atoms with E-state index in [9.17, 15) is 4.79 Å². The van der Waals surface area contributed by atoms with Crippen molar-refractivity contribution in [3.8, 4) is 0 Å². The minimum absolute atomic E-state index is 0.0152. The first-order valence-corrected chi connectivity index (χ1v) is 5.81. The summed E-state index contributed by atoms with van der Waals surface area (Å²) in [7, 11) is 0. The summed E-state index contributed by atoms with van der Waals surface area (Å²) in [6.07, 6.45) is 2.71. The summed E-state index contributed by atoms with van der Waals surface area (Å²) in [6, 6.07) is 0. The van der Waals surface area contributed by atoms with E-state index in [1.807, 2.05) is 6.92 Å². The van der Waals surface area contributed by atoms with Crippen LogP contribution >= 0.6 is 0 Å². The van der Waals surface area contributed by atoms with Crippen molar-refractivity contribution in [2.75, 3.05) is 26.4 Å². The minimum Gasteiger partial charge on any atom is -0.375 e. The zero-order valence-electron chi connectivity index (χ0n) is 9.96. The molecule has 1 N–H and O–H groups in total. The molecular weight excluding hydrogens is 206 g/mol. The van der Waals surface area contributed by atoms with E-state index in [1.54, 1.807) is 0 Å². The minimum atomic E-state index is -0.255. The van der Waals surface area contributed by atoms with Gasteiger partial charge in [0, 0.05) is 13.2 Å². The first-order chi connectivity index (χ1) is 7.70. The van der Waals surface area contributed by atoms with Gasteiger partial charge in [0.15, 0.2) is 0 Å². The van der Waals surface area contributed by atoms with Gasteiger partial charge in [-0.3, -0.25) is 4.79 Å². The zero-order valence-corrected chi connectivity index (χ0v) is 9.96. The Bertz CT molecular complexity index is 234. The molecule has 4 nitrogen and oxygen atoms in total. The number of amides is 1. The molecule has 0 aliphatic carbocycles. The predicted molar refractivity (Wildman–Crippen MR) is 62.2 cm³/mol. The summed E-state index contributed by atoms with van der Waals surface area (Å²) in [6.45, 7) is 7.94. The molecule has 4 heteroatoms. The van der Waals surface area contributed by atoms with Gasteiger partial charge in [-0.15, -0.1) is 0 Å². The lowest BCUT2D eigenvalue weighted by atomic mass is 10.1. The van der Waals surface area contributed by atoms with Crippen molar-refractivity contribution >= 4 is 5.91 Å². The van der Waals surface area contributed by atoms with Crippen LogP contribution in [0.15, 0.2) is 12.2 Å². The summed E-state index contributed by atoms with van der Waals surface area (Å²) >= 11 is 0. The molecule has 1 rings (SSSR count). The molecule has 1 atom stereocenters. The largest absolute Gasteiger partial charge is 0.375 e. The third-order valence-corrected chi connectivity index (χ3v) is 2.37. The molecule has 0 aromatic carbocycles. The molecule has 0 aromatic heterocycles. The van der Waals surface area contributed by atoms with E-state index in [0.717, 1.165) is 24.8 Å². The summed E-state index contributed by atoms with van der Waals surface area (Å²) < 4.78 is 10.6. The van der Waals surface area contributed by atoms with Crippen LogP contribution in [0.4, 0.5) is 0 Å². The van der Waals surface area contributed by atoms with Gasteiger partial charge in [-0.2, -0.15) is 0 Å². The molecule has 0 radical (unpaired) electrons. The van der Waals surface area contributed by atoms with Crippen LogP contribution in [0, 0.1) is 0 Å². The van der Waals surface area contributed by atoms with Crippen molar-refractivity contribution < 1.29 is 14.3 Å². The van der Waals surface area contributed by atoms with Crippen molar-refractivity contribution in [1.29, 1.82) is 0 Å². The average Bonchev–Trinajstić information content (AvgIpc) is 2.29. The van der Waals surface area contributed by atoms with Gasteiger partial charge in [0.1, 0.15) is 6.10 Å². The van der Waals surface area contributed by atoms with Gasteiger partial charge >= 0.3 is 0 Å². The molecule has 92 valence electrons. The summed E-state index contributed by atoms with van der Waals surface area (Å²) in [5.41, 5.74) is 0.988. The van der Waals surface area contributed by atoms with Gasteiger partial charge in [-0.1, -0.05) is 12.2 Å². The second-order valence-electron chi connectivity index (χ2n) is 4.16. The smallest absolute Gasteiger partial charge is 0.249 e. The maximum absolute atomic E-state index is 11.6. The Morgan fingerprint density at radius 1 is 1.56 bits per heavy atom. The first-order valence-electron chi connectivity index (χ1n) is 5.81. The standard InChI is InChI=1S/C12H21NO3/c1-10(2)9-15-8-6-13-12(14)11-5-3-4-7-16-11/h11H,1,3-9H2,2H3,(H,13,14). The fourth-order valence-electron chi connectivity index (χ4n) is 1.55. The molecular formula is C12H21NO3. The van der Waals surface area contributed by atoms with Crippen LogP contribution in [0.25, 0.3) is 0 Å². The summed E-state index contributed by atoms with van der Waals surface area (Å²) in [5.74, 6) is -0.0152. The predicted octanol–water partition coefficient (Wildman–Crippen LogP) is 1.26. The molecule has 1 fully saturated rings. The van der Waals surface area contributed by atoms with E-state index in [0.29, 0.717) is 26.4 Å². The first kappa shape index (κ1) is 13.2. The van der Waals surface area contributed by atoms with E-state index >= 15 is 0 Å². The second kappa shape index (κ2) is 7.41. The average molecular weight is 227 g/mol. The van der Waals surface area contributed by atoms with Crippen molar-refractivity contribution in [2.24, 2.45) is 0 Å². The Balaban J connectivity index is 2.03. The molecule has 0 aromatic rings. The van der Waals surface area contributed by atoms with Crippen molar-refractivity contribution in [2.45, 2.75) is 32.3 Å². The summed E-state index contributed by atoms with van der Waals surface area (Å²) in [4.78, 5) is 11.6. The highest BCUT2D eigenvalue weighted by molar-refractivity contribution is 5.80. The number of carbonyl (C=O) groups is 1. The maximum atomic E-state index is 11.6. The Morgan fingerprint density at radius 3 is 3.00 bits per heavy atom. The van der Waals surface area contributed by atoms with Crippen LogP contribution < -0.4 is 5.32 Å². The third-order valence-electron chi connectivity index (χ3n) is 2.37. The lowest BCUT2D eigenvalue weighted by molar-refractivity contribution is -0.135. The van der Waals surface area contributed by atoms with Crippen LogP contribution in [0.2, 0.25) is 0 Å². The lowest BCUT2D eigenvalue weighted by Crippen LogP contribution is -2.39. The van der Waals surface area contributed by atoms with Gasteiger partial charge in [-0.25, -0.2) is 0 Å². The van der Waals surface area contributed by atoms with Crippen LogP contribution in [0.1, 0.15) is 26.2 Å². The third kappa shape index (κ3) is 5.28. The van der Waals surface area contributed by atoms with Gasteiger partial charge in [-0.05, 0) is 26.2 Å². The van der Waals surface area contributed by atoms with E-state index in [4.69, 9.17) is 9.47 Å². The van der Waals surface area contributed by atoms with Crippen LogP contribution in [0.3, 0.4) is 0 Å². The van der Waals surface area contributed by atoms with Gasteiger partial charge in [0.25, 0.3) is 0 Å². The fourth-order valence-corrected chi connectivity index (χ4v) is 1.55. The number of ether oxygens (including phenoxy) is 2. The Labute approximate surface area is 97.0 Å². The molecule has 0 bridgehead atoms. The Morgan fingerprint density at radius 2 is 2.38 bits per heavy atom. The fraction of sp³-hybridized carbons (Fsp3) is 0.750. The summed E-state index contributed by atoms with van der Waals surface area (Å²) in [5, 5.41) is 2.81. The van der Waals surface area contributed by atoms with Crippen LogP contribution in [0.5, 0.6) is 0 Å². The quantitative estimate of drug-likeness (QED) is 0.549. The molecule has 1 heterocycles. The number of rotatable bonds is 6. The number of hydrogen-bond donors (Lipinski definition) is 1. The molecule has 1 unspecified atom stereocenters. The molecule has 1 aliphatic heterocycles. The highest BCUT2D eigenvalue weighted by Gasteiger charge is 2.20. The van der Waals surface area contributed by atoms with Gasteiger partial charge in [0.05, 0.1) is 13.2 Å². The van der Waals surface area contributed by atoms with Crippen molar-refractivity contribution in [3.05, 3.63) is 12.2 Å². The molecule has 1 amide bonds. The molecule has 1 saturated heterocycles. The topological polar surface area (TPSA) is 47.6 Å². The lowest BCUT2D eigenvalue weighted by Gasteiger charge is -2.21. The van der Waals surface area contributed by atoms with Crippen molar-refractivity contribution in [3.63, 3.8) is 0 Å². The van der Waals surface area contributed by atoms with E-state index in [-0.39, 0.29) is 12.0 Å². The van der Waals surface area contributed by atoms with E-state index < -0.39 is 0 Å². The number of carbonyl (C=O) groups excluding carboxylic acids is 1. The maximum Gasteiger partial charge on any atom is 0.249 e. The second-order valence-corrected chi connectivity index (χ2v) is 4.16. The molecule has 1 aliphatic rings. The van der Waals surface area contributed by atoms with Crippen LogP contribution in [-0.4, -0.2) is 38.4 Å². The van der Waals surface area contributed by atoms with E-state index in [2.05, 4.69) is 11.9 Å². The van der Waals surface area contributed by atoms with Crippen LogP contribution in [-0.2, 0) is 14.3 Å². The Hall–Kier alpha value is -0.870. The Kier molecular flexibility index (Phi) is 6.11. The van der Waals surface area contributed by atoms with Crippen molar-refractivity contribution in [1.82, 2.24) is 5.32 Å².